The summed E-state index contributed by atoms with van der Waals surface area (Å²) in [4.78, 5) is 18.5. The van der Waals surface area contributed by atoms with Crippen LogP contribution in [-0.2, 0) is 28.7 Å². The van der Waals surface area contributed by atoms with E-state index >= 15 is 0 Å². The smallest absolute Gasteiger partial charge is 0.469 e. The fourth-order valence-electron chi connectivity index (χ4n) is 5.98. The van der Waals surface area contributed by atoms with E-state index in [0.29, 0.717) is 17.7 Å². The molecule has 5 atom stereocenters. The number of rotatable bonds is 24. The summed E-state index contributed by atoms with van der Waals surface area (Å²) in [6, 6.07) is 9.72. The molecule has 1 saturated heterocycles. The number of aliphatic hydroxyl groups is 2. The van der Waals surface area contributed by atoms with Crippen molar-refractivity contribution in [1.29, 1.82) is 10.5 Å². The molecule has 1 fully saturated rings. The molecule has 4 heterocycles. The van der Waals surface area contributed by atoms with Gasteiger partial charge in [-0.15, -0.1) is 0 Å². The number of nitriles is 2. The molecule has 3 aromatic rings. The van der Waals surface area contributed by atoms with Crippen LogP contribution in [0.25, 0.3) is 5.52 Å². The number of phosphoric acid groups is 1. The maximum atomic E-state index is 13.0. The molecule has 5 N–H and O–H groups in total. The first kappa shape index (κ1) is 41.1. The van der Waals surface area contributed by atoms with Crippen molar-refractivity contribution in [3.8, 4) is 18.0 Å². The summed E-state index contributed by atoms with van der Waals surface area (Å²) < 4.78 is 41.8. The lowest BCUT2D eigenvalue weighted by molar-refractivity contribution is -0.0833. The molecule has 0 amide bonds. The van der Waals surface area contributed by atoms with Crippen molar-refractivity contribution in [3.63, 3.8) is 0 Å². The van der Waals surface area contributed by atoms with Crippen LogP contribution in [0.4, 0.5) is 5.82 Å². The van der Waals surface area contributed by atoms with Crippen molar-refractivity contribution >= 4 is 19.2 Å². The lowest BCUT2D eigenvalue weighted by Gasteiger charge is -2.30. The van der Waals surface area contributed by atoms with Crippen molar-refractivity contribution in [3.05, 3.63) is 48.0 Å². The molecule has 4 rings (SSSR count). The van der Waals surface area contributed by atoms with Crippen LogP contribution < -0.4 is 10.5 Å². The maximum absolute atomic E-state index is 13.0. The number of hydrogen-bond donors (Lipinski definition) is 4. The van der Waals surface area contributed by atoms with E-state index in [1.165, 1.54) is 92.8 Å². The van der Waals surface area contributed by atoms with E-state index in [4.69, 9.17) is 34.3 Å². The van der Waals surface area contributed by atoms with Crippen LogP contribution in [0.2, 0.25) is 0 Å². The summed E-state index contributed by atoms with van der Waals surface area (Å²) in [7, 11) is -4.88. The number of aromatic nitrogens is 4. The van der Waals surface area contributed by atoms with Crippen molar-refractivity contribution in [2.45, 2.75) is 107 Å². The fourth-order valence-corrected chi connectivity index (χ4v) is 6.76. The standard InChI is InChI=1S/C35H50N7O9P/c1-2-3-4-5-6-7-8-9-10-11-12-13-18-47-21-28(51-31-17-14-27(19-36)20-39-31)22-49-52(45,46)50-24-34(23-37)33(43)35(44,25-48-34)30-16-15-29-32(38)40-26-41-42(29)30/h14-17,20,26,28,33,43-44H,2-13,18,21-22,24-25H2,1H3,(H,45,46)(H2,38,40,41)/t28-,33-,34-,35+/m1/s1. The SMILES string of the molecule is CCCCCCCCCCCCCCOC[C@H](COP(=O)(O)OC[C@@]1(C#N)OC[C@](O)(c2ccc3c(N)ncnn23)[C@@H]1O)Oc1ccc(C#N)cn1. The van der Waals surface area contributed by atoms with Gasteiger partial charge in [0.05, 0.1) is 31.1 Å². The molecule has 0 aliphatic carbocycles. The quantitative estimate of drug-likeness (QED) is 0.0717. The summed E-state index contributed by atoms with van der Waals surface area (Å²) in [6.07, 6.45) is 14.2. The molecule has 1 unspecified atom stereocenters. The molecule has 17 heteroatoms. The Labute approximate surface area is 304 Å². The number of nitrogens with zero attached hydrogens (tertiary/aromatic N) is 6. The van der Waals surface area contributed by atoms with Gasteiger partial charge in [-0.25, -0.2) is 19.0 Å². The number of unbranched alkanes of at least 4 members (excludes halogenated alkanes) is 11. The number of nitrogens with two attached hydrogens (primary N) is 1. The highest BCUT2D eigenvalue weighted by Gasteiger charge is 2.61. The van der Waals surface area contributed by atoms with Gasteiger partial charge in [0.25, 0.3) is 0 Å². The predicted molar refractivity (Wildman–Crippen MR) is 189 cm³/mol. The molecule has 0 saturated carbocycles. The average molecular weight is 744 g/mol. The van der Waals surface area contributed by atoms with Crippen molar-refractivity contribution in [1.82, 2.24) is 19.6 Å². The molecule has 1 aliphatic rings. The monoisotopic (exact) mass is 743 g/mol. The zero-order valence-electron chi connectivity index (χ0n) is 29.6. The van der Waals surface area contributed by atoms with Crippen LogP contribution in [0.5, 0.6) is 5.88 Å². The minimum absolute atomic E-state index is 0.00393. The largest absolute Gasteiger partial charge is 0.472 e. The maximum Gasteiger partial charge on any atom is 0.472 e. The van der Waals surface area contributed by atoms with Crippen LogP contribution in [0.15, 0.2) is 36.8 Å². The first-order chi connectivity index (χ1) is 25.1. The molecule has 0 aromatic carbocycles. The summed E-state index contributed by atoms with van der Waals surface area (Å²) in [5.74, 6) is 0.267. The Morgan fingerprint density at radius 2 is 1.71 bits per heavy atom. The Hall–Kier alpha value is -3.70. The van der Waals surface area contributed by atoms with E-state index in [1.54, 1.807) is 6.07 Å². The van der Waals surface area contributed by atoms with Gasteiger partial charge in [0, 0.05) is 18.9 Å². The Morgan fingerprint density at radius 1 is 1.02 bits per heavy atom. The van der Waals surface area contributed by atoms with E-state index in [2.05, 4.69) is 22.0 Å². The minimum atomic E-state index is -4.88. The topological polar surface area (TPSA) is 241 Å². The lowest BCUT2D eigenvalue weighted by Crippen LogP contribution is -2.50. The van der Waals surface area contributed by atoms with Gasteiger partial charge >= 0.3 is 7.82 Å². The second-order valence-electron chi connectivity index (χ2n) is 13.0. The molecule has 0 radical (unpaired) electrons. The van der Waals surface area contributed by atoms with Crippen LogP contribution in [0.1, 0.15) is 95.2 Å². The van der Waals surface area contributed by atoms with Gasteiger partial charge in [-0.3, -0.25) is 9.05 Å². The van der Waals surface area contributed by atoms with Crippen molar-refractivity contribution < 1.29 is 42.9 Å². The summed E-state index contributed by atoms with van der Waals surface area (Å²) in [6.45, 7) is 0.700. The molecule has 0 bridgehead atoms. The Kier molecular flexibility index (Phi) is 15.7. The molecule has 52 heavy (non-hydrogen) atoms. The average Bonchev–Trinajstić information content (AvgIpc) is 3.70. The number of phosphoric ester groups is 1. The number of hydrogen-bond acceptors (Lipinski definition) is 14. The summed E-state index contributed by atoms with van der Waals surface area (Å²) >= 11 is 0. The van der Waals surface area contributed by atoms with Crippen molar-refractivity contribution in [2.24, 2.45) is 0 Å². The molecule has 16 nitrogen and oxygen atoms in total. The lowest BCUT2D eigenvalue weighted by atomic mass is 9.86. The zero-order chi connectivity index (χ0) is 37.5. The van der Waals surface area contributed by atoms with Gasteiger partial charge < -0.3 is 35.1 Å². The molecular formula is C35H50N7O9P. The molecular weight excluding hydrogens is 693 g/mol. The van der Waals surface area contributed by atoms with Crippen molar-refractivity contribution in [2.75, 3.05) is 38.8 Å². The van der Waals surface area contributed by atoms with Gasteiger partial charge in [-0.2, -0.15) is 15.6 Å². The van der Waals surface area contributed by atoms with Gasteiger partial charge in [0.1, 0.15) is 42.8 Å². The second kappa shape index (κ2) is 19.9. The third-order valence-corrected chi connectivity index (χ3v) is 9.95. The third-order valence-electron chi connectivity index (χ3n) is 9.02. The normalized spacial score (nSPS) is 21.8. The van der Waals surface area contributed by atoms with E-state index in [-0.39, 0.29) is 24.0 Å². The number of ether oxygens (including phenoxy) is 3. The highest BCUT2D eigenvalue weighted by atomic mass is 31.2. The Bertz CT molecular complexity index is 1680. The fraction of sp³-hybridized carbons (Fsp3) is 0.629. The van der Waals surface area contributed by atoms with Gasteiger partial charge in [-0.1, -0.05) is 77.6 Å². The van der Waals surface area contributed by atoms with E-state index < -0.39 is 51.1 Å². The van der Waals surface area contributed by atoms with Gasteiger partial charge in [0.2, 0.25) is 11.5 Å². The second-order valence-corrected chi connectivity index (χ2v) is 14.5. The summed E-state index contributed by atoms with van der Waals surface area (Å²) in [5.41, 5.74) is 2.21. The van der Waals surface area contributed by atoms with E-state index in [9.17, 15) is 24.9 Å². The van der Waals surface area contributed by atoms with Gasteiger partial charge in [-0.05, 0) is 24.6 Å². The number of anilines is 1. The zero-order valence-corrected chi connectivity index (χ0v) is 30.5. The highest BCUT2D eigenvalue weighted by Crippen LogP contribution is 2.47. The Balaban J connectivity index is 1.26. The molecule has 0 spiro atoms. The number of fused-ring (bicyclic) bond motifs is 1. The van der Waals surface area contributed by atoms with E-state index in [0.717, 1.165) is 25.6 Å². The van der Waals surface area contributed by atoms with Crippen LogP contribution >= 0.6 is 7.82 Å². The predicted octanol–water partition coefficient (Wildman–Crippen LogP) is 4.72. The number of aliphatic hydroxyl groups excluding tert-OH is 1. The van der Waals surface area contributed by atoms with Crippen LogP contribution in [0.3, 0.4) is 0 Å². The highest BCUT2D eigenvalue weighted by molar-refractivity contribution is 7.47. The van der Waals surface area contributed by atoms with Crippen LogP contribution in [0, 0.1) is 22.7 Å². The van der Waals surface area contributed by atoms with Crippen LogP contribution in [-0.4, -0.2) is 85.5 Å². The third kappa shape index (κ3) is 11.2. The first-order valence-corrected chi connectivity index (χ1v) is 19.3. The van der Waals surface area contributed by atoms with E-state index in [1.807, 2.05) is 6.07 Å². The molecule has 284 valence electrons. The number of pyridine rings is 1. The molecule has 1 aliphatic heterocycles. The van der Waals surface area contributed by atoms with Gasteiger partial charge in [0.15, 0.2) is 11.4 Å². The summed E-state index contributed by atoms with van der Waals surface area (Å²) in [5, 5.41) is 45.8. The number of nitrogen functional groups attached to an aromatic ring is 1. The minimum Gasteiger partial charge on any atom is -0.469 e. The first-order valence-electron chi connectivity index (χ1n) is 17.8. The molecule has 3 aromatic heterocycles. The Morgan fingerprint density at radius 3 is 2.35 bits per heavy atom.